The van der Waals surface area contributed by atoms with Gasteiger partial charge < -0.3 is 20.3 Å². The molecular weight excluding hydrogens is 456 g/mol. The third-order valence-corrected chi connectivity index (χ3v) is 8.00. The van der Waals surface area contributed by atoms with Crippen LogP contribution in [0.25, 0.3) is 0 Å². The first-order chi connectivity index (χ1) is 17.5. The predicted molar refractivity (Wildman–Crippen MR) is 131 cm³/mol. The molecule has 0 bridgehead atoms. The van der Waals surface area contributed by atoms with Crippen molar-refractivity contribution in [2.45, 2.75) is 36.8 Å². The molecule has 3 amide bonds. The van der Waals surface area contributed by atoms with Crippen LogP contribution in [-0.2, 0) is 43.8 Å². The van der Waals surface area contributed by atoms with E-state index < -0.39 is 5.41 Å². The summed E-state index contributed by atoms with van der Waals surface area (Å²) in [5.41, 5.74) is 5.27. The van der Waals surface area contributed by atoms with Gasteiger partial charge in [0.15, 0.2) is 0 Å². The van der Waals surface area contributed by atoms with E-state index in [-0.39, 0.29) is 43.0 Å². The number of pyridine rings is 1. The second kappa shape index (κ2) is 7.73. The number of amides is 3. The number of fused-ring (bicyclic) bond motifs is 6. The van der Waals surface area contributed by atoms with Crippen LogP contribution in [0.5, 0.6) is 0 Å². The van der Waals surface area contributed by atoms with Crippen molar-refractivity contribution in [2.24, 2.45) is 0 Å². The smallest absolute Gasteiger partial charge is 0.249 e. The Labute approximate surface area is 207 Å². The van der Waals surface area contributed by atoms with Gasteiger partial charge >= 0.3 is 0 Å². The van der Waals surface area contributed by atoms with Crippen LogP contribution in [0.15, 0.2) is 60.8 Å². The second-order valence-electron chi connectivity index (χ2n) is 10.0. The number of benzene rings is 2. The summed E-state index contributed by atoms with van der Waals surface area (Å²) in [6.07, 6.45) is 3.45. The Morgan fingerprint density at radius 3 is 2.86 bits per heavy atom. The molecule has 8 nitrogen and oxygen atoms in total. The number of rotatable bonds is 3. The molecule has 4 aliphatic rings. The van der Waals surface area contributed by atoms with E-state index in [0.717, 1.165) is 34.2 Å². The number of hydrogen-bond acceptors (Lipinski definition) is 5. The van der Waals surface area contributed by atoms with E-state index in [1.165, 1.54) is 0 Å². The number of anilines is 2. The van der Waals surface area contributed by atoms with Crippen LogP contribution in [-0.4, -0.2) is 46.9 Å². The van der Waals surface area contributed by atoms with Crippen molar-refractivity contribution in [3.8, 4) is 0 Å². The molecule has 36 heavy (non-hydrogen) atoms. The lowest BCUT2D eigenvalue weighted by molar-refractivity contribution is -0.157. The molecule has 2 N–H and O–H groups in total. The zero-order valence-electron chi connectivity index (χ0n) is 19.5. The van der Waals surface area contributed by atoms with Crippen molar-refractivity contribution >= 4 is 29.2 Å². The Bertz CT molecular complexity index is 1450. The van der Waals surface area contributed by atoms with Crippen LogP contribution in [0.3, 0.4) is 0 Å². The van der Waals surface area contributed by atoms with Crippen LogP contribution < -0.4 is 10.6 Å². The highest BCUT2D eigenvalue weighted by Crippen LogP contribution is 2.47. The maximum absolute atomic E-state index is 13.1. The Kier molecular flexibility index (Phi) is 4.56. The van der Waals surface area contributed by atoms with E-state index in [9.17, 15) is 14.4 Å². The highest BCUT2D eigenvalue weighted by molar-refractivity contribution is 6.06. The van der Waals surface area contributed by atoms with Gasteiger partial charge in [0.05, 0.1) is 17.6 Å². The summed E-state index contributed by atoms with van der Waals surface area (Å²) in [6.45, 7) is -0.0536. The van der Waals surface area contributed by atoms with Gasteiger partial charge in [-0.1, -0.05) is 36.4 Å². The maximum atomic E-state index is 13.1. The molecule has 2 aliphatic carbocycles. The molecule has 0 radical (unpaired) electrons. The van der Waals surface area contributed by atoms with Crippen LogP contribution in [0.1, 0.15) is 33.9 Å². The minimum Gasteiger partial charge on any atom is -0.366 e. The monoisotopic (exact) mass is 480 g/mol. The number of aromatic nitrogens is 1. The van der Waals surface area contributed by atoms with Crippen molar-refractivity contribution < 1.29 is 19.1 Å². The molecule has 1 aromatic heterocycles. The van der Waals surface area contributed by atoms with E-state index in [4.69, 9.17) is 4.74 Å². The Balaban J connectivity index is 1.10. The summed E-state index contributed by atoms with van der Waals surface area (Å²) in [7, 11) is 0. The van der Waals surface area contributed by atoms with Crippen LogP contribution in [0.4, 0.5) is 11.5 Å². The molecule has 8 heteroatoms. The minimum absolute atomic E-state index is 0.0121. The molecule has 3 aromatic rings. The molecule has 7 rings (SSSR count). The van der Waals surface area contributed by atoms with E-state index >= 15 is 0 Å². The van der Waals surface area contributed by atoms with Gasteiger partial charge in [0, 0.05) is 23.9 Å². The fraction of sp³-hybridized carbons (Fsp3) is 0.286. The van der Waals surface area contributed by atoms with E-state index in [1.54, 1.807) is 11.1 Å². The van der Waals surface area contributed by atoms with E-state index in [1.807, 2.05) is 48.5 Å². The Hall–Kier alpha value is -4.04. The van der Waals surface area contributed by atoms with Gasteiger partial charge in [0.1, 0.15) is 19.0 Å². The van der Waals surface area contributed by atoms with Crippen LogP contribution >= 0.6 is 0 Å². The van der Waals surface area contributed by atoms with Gasteiger partial charge in [-0.05, 0) is 53.3 Å². The zero-order chi connectivity index (χ0) is 24.4. The lowest BCUT2D eigenvalue weighted by Crippen LogP contribution is -2.50. The largest absolute Gasteiger partial charge is 0.366 e. The van der Waals surface area contributed by atoms with Gasteiger partial charge in [-0.15, -0.1) is 0 Å². The summed E-state index contributed by atoms with van der Waals surface area (Å²) in [5.74, 6) is 0.161. The number of carbonyl (C=O) groups excluding carboxylic acids is 3. The normalized spacial score (nSPS) is 25.3. The average molecular weight is 481 g/mol. The summed E-state index contributed by atoms with van der Waals surface area (Å²) in [4.78, 5) is 44.7. The summed E-state index contributed by atoms with van der Waals surface area (Å²) in [5, 5.41) is 5.89. The molecule has 1 fully saturated rings. The van der Waals surface area contributed by atoms with Crippen LogP contribution in [0.2, 0.25) is 0 Å². The molecule has 3 atom stereocenters. The molecule has 1 saturated heterocycles. The molecule has 2 aromatic carbocycles. The third-order valence-electron chi connectivity index (χ3n) is 8.00. The lowest BCUT2D eigenvalue weighted by atomic mass is 9.79. The van der Waals surface area contributed by atoms with Gasteiger partial charge in [-0.3, -0.25) is 14.4 Å². The summed E-state index contributed by atoms with van der Waals surface area (Å²) < 4.78 is 5.80. The highest BCUT2D eigenvalue weighted by atomic mass is 16.5. The Morgan fingerprint density at radius 2 is 1.94 bits per heavy atom. The number of hydrogen-bond donors (Lipinski definition) is 2. The number of nitrogens with zero attached hydrogens (tertiary/aromatic N) is 2. The van der Waals surface area contributed by atoms with E-state index in [0.29, 0.717) is 24.3 Å². The van der Waals surface area contributed by atoms with Crippen molar-refractivity contribution in [1.82, 2.24) is 9.88 Å². The maximum Gasteiger partial charge on any atom is 0.249 e. The predicted octanol–water partition coefficient (Wildman–Crippen LogP) is 2.53. The molecular formula is C28H24N4O4. The average Bonchev–Trinajstić information content (AvgIpc) is 3.52. The fourth-order valence-electron chi connectivity index (χ4n) is 6.36. The number of nitrogens with one attached hydrogen (secondary N) is 2. The minimum atomic E-state index is -0.653. The van der Waals surface area contributed by atoms with Crippen molar-refractivity contribution in [2.75, 3.05) is 23.8 Å². The number of carbonyl (C=O) groups is 3. The molecule has 3 heterocycles. The standard InChI is InChI=1S/C28H24N4O4/c33-23(14-32-24(34)15-36-22-11-16-4-1-2-5-20(16)25(22)32)30-19-8-7-17-12-28(13-18(17)10-19)21-6-3-9-29-26(21)31-27(28)35/h1-10,22,25H,11-15H2,(H,30,33)(H,29,31,35)/t22?,25-,28-/m1/s1. The van der Waals surface area contributed by atoms with Crippen molar-refractivity contribution in [3.05, 3.63) is 88.6 Å². The zero-order valence-corrected chi connectivity index (χ0v) is 19.5. The first kappa shape index (κ1) is 21.3. The number of morpholine rings is 1. The SMILES string of the molecule is O=C(CN1C(=O)COC2Cc3ccccc3[C@H]21)Nc1ccc2c(c1)C[C@@]1(C2)C(=O)Nc2ncccc21. The molecule has 0 saturated carbocycles. The van der Waals surface area contributed by atoms with Gasteiger partial charge in [-0.2, -0.15) is 0 Å². The molecule has 1 unspecified atom stereocenters. The van der Waals surface area contributed by atoms with Crippen LogP contribution in [0, 0.1) is 0 Å². The fourth-order valence-corrected chi connectivity index (χ4v) is 6.36. The van der Waals surface area contributed by atoms with Gasteiger partial charge in [-0.25, -0.2) is 4.98 Å². The van der Waals surface area contributed by atoms with E-state index in [2.05, 4.69) is 21.7 Å². The van der Waals surface area contributed by atoms with Gasteiger partial charge in [0.2, 0.25) is 17.7 Å². The Morgan fingerprint density at radius 1 is 1.08 bits per heavy atom. The summed E-state index contributed by atoms with van der Waals surface area (Å²) >= 11 is 0. The molecule has 180 valence electrons. The topological polar surface area (TPSA) is 101 Å². The first-order valence-electron chi connectivity index (χ1n) is 12.2. The summed E-state index contributed by atoms with van der Waals surface area (Å²) in [6, 6.07) is 17.4. The lowest BCUT2D eigenvalue weighted by Gasteiger charge is -2.37. The third kappa shape index (κ3) is 3.10. The van der Waals surface area contributed by atoms with Crippen molar-refractivity contribution in [1.29, 1.82) is 0 Å². The molecule has 1 spiro atoms. The molecule has 2 aliphatic heterocycles. The number of ether oxygens (including phenoxy) is 1. The van der Waals surface area contributed by atoms with Gasteiger partial charge in [0.25, 0.3) is 0 Å². The quantitative estimate of drug-likeness (QED) is 0.600. The first-order valence-corrected chi connectivity index (χ1v) is 12.2. The highest BCUT2D eigenvalue weighted by Gasteiger charge is 2.51. The van der Waals surface area contributed by atoms with Crippen molar-refractivity contribution in [3.63, 3.8) is 0 Å². The second-order valence-corrected chi connectivity index (χ2v) is 10.0.